The number of sulfone groups is 1. The maximum atomic E-state index is 11.4. The van der Waals surface area contributed by atoms with Crippen LogP contribution in [-0.2, 0) is 14.7 Å². The molecule has 0 saturated heterocycles. The van der Waals surface area contributed by atoms with Gasteiger partial charge in [0.15, 0.2) is 21.0 Å². The van der Waals surface area contributed by atoms with Crippen LogP contribution in [0.1, 0.15) is 17.4 Å². The molecule has 0 saturated carbocycles. The molecule has 0 amide bonds. The van der Waals surface area contributed by atoms with Crippen LogP contribution in [-0.4, -0.2) is 30.5 Å². The van der Waals surface area contributed by atoms with Crippen molar-refractivity contribution in [2.75, 3.05) is 6.26 Å². The van der Waals surface area contributed by atoms with Crippen LogP contribution >= 0.6 is 11.3 Å². The zero-order valence-electron chi connectivity index (χ0n) is 14.3. The number of benzene rings is 1. The van der Waals surface area contributed by atoms with Gasteiger partial charge in [-0.1, -0.05) is 35.5 Å². The zero-order chi connectivity index (χ0) is 18.9. The van der Waals surface area contributed by atoms with E-state index in [0.717, 1.165) is 21.7 Å². The van der Waals surface area contributed by atoms with E-state index in [1.54, 1.807) is 23.6 Å². The standard InChI is InChI=1S/C18H15N3O4S2/c1-27(22,23)17-8-7-13(10-19-17)24-16-9-14(25-21-16)15-11-20-18(26-15)12-5-3-2-4-6-12/h2-8,10-11,14H,9H2,1H3/t14-/m1/s1. The highest BCUT2D eigenvalue weighted by Crippen LogP contribution is 2.35. The lowest BCUT2D eigenvalue weighted by Crippen LogP contribution is -2.07. The number of pyridine rings is 1. The first kappa shape index (κ1) is 17.6. The summed E-state index contributed by atoms with van der Waals surface area (Å²) < 4.78 is 28.5. The number of rotatable bonds is 4. The third-order valence-corrected chi connectivity index (χ3v) is 5.97. The van der Waals surface area contributed by atoms with Crippen molar-refractivity contribution in [3.8, 4) is 16.3 Å². The van der Waals surface area contributed by atoms with Crippen molar-refractivity contribution in [1.29, 1.82) is 0 Å². The minimum Gasteiger partial charge on any atom is -0.438 e. The molecule has 7 nitrogen and oxygen atoms in total. The molecule has 27 heavy (non-hydrogen) atoms. The summed E-state index contributed by atoms with van der Waals surface area (Å²) in [5, 5.41) is 4.89. The Morgan fingerprint density at radius 2 is 1.93 bits per heavy atom. The molecule has 0 spiro atoms. The van der Waals surface area contributed by atoms with Crippen LogP contribution < -0.4 is 4.74 Å². The molecule has 0 radical (unpaired) electrons. The number of hydrogen-bond acceptors (Lipinski definition) is 8. The first-order valence-corrected chi connectivity index (χ1v) is 10.8. The van der Waals surface area contributed by atoms with Gasteiger partial charge < -0.3 is 9.57 Å². The van der Waals surface area contributed by atoms with E-state index in [1.165, 1.54) is 12.3 Å². The number of aromatic nitrogens is 2. The molecule has 9 heteroatoms. The minimum atomic E-state index is -3.34. The Morgan fingerprint density at radius 1 is 1.11 bits per heavy atom. The van der Waals surface area contributed by atoms with Gasteiger partial charge in [0.1, 0.15) is 10.8 Å². The molecule has 3 aromatic rings. The molecule has 0 N–H and O–H groups in total. The Labute approximate surface area is 160 Å². The summed E-state index contributed by atoms with van der Waals surface area (Å²) in [7, 11) is -3.34. The van der Waals surface area contributed by atoms with Gasteiger partial charge in [-0.2, -0.15) is 0 Å². The number of oxime groups is 1. The van der Waals surface area contributed by atoms with E-state index >= 15 is 0 Å². The van der Waals surface area contributed by atoms with E-state index in [-0.39, 0.29) is 11.1 Å². The second-order valence-electron chi connectivity index (χ2n) is 5.92. The third kappa shape index (κ3) is 3.99. The van der Waals surface area contributed by atoms with Gasteiger partial charge in [-0.25, -0.2) is 18.4 Å². The highest BCUT2D eigenvalue weighted by Gasteiger charge is 2.27. The van der Waals surface area contributed by atoms with Gasteiger partial charge in [-0.3, -0.25) is 0 Å². The number of hydrogen-bond donors (Lipinski definition) is 0. The van der Waals surface area contributed by atoms with Crippen LogP contribution in [0.15, 0.2) is 65.0 Å². The Balaban J connectivity index is 1.41. The van der Waals surface area contributed by atoms with E-state index in [4.69, 9.17) is 9.57 Å². The van der Waals surface area contributed by atoms with E-state index < -0.39 is 9.84 Å². The van der Waals surface area contributed by atoms with Crippen LogP contribution in [0.25, 0.3) is 10.6 Å². The quantitative estimate of drug-likeness (QED) is 0.665. The third-order valence-electron chi connectivity index (χ3n) is 3.83. The van der Waals surface area contributed by atoms with Crippen LogP contribution in [0.5, 0.6) is 5.75 Å². The summed E-state index contributed by atoms with van der Waals surface area (Å²) in [6.45, 7) is 0. The summed E-state index contributed by atoms with van der Waals surface area (Å²) >= 11 is 1.55. The topological polar surface area (TPSA) is 90.7 Å². The second-order valence-corrected chi connectivity index (χ2v) is 8.95. The molecule has 1 aliphatic rings. The lowest BCUT2D eigenvalue weighted by molar-refractivity contribution is 0.0879. The summed E-state index contributed by atoms with van der Waals surface area (Å²) in [4.78, 5) is 14.8. The fourth-order valence-electron chi connectivity index (χ4n) is 2.50. The Morgan fingerprint density at radius 3 is 2.63 bits per heavy atom. The minimum absolute atomic E-state index is 0.00422. The summed E-state index contributed by atoms with van der Waals surface area (Å²) in [5.41, 5.74) is 1.06. The van der Waals surface area contributed by atoms with Crippen molar-refractivity contribution < 1.29 is 18.0 Å². The lowest BCUT2D eigenvalue weighted by atomic mass is 10.2. The van der Waals surface area contributed by atoms with Crippen molar-refractivity contribution in [3.05, 3.63) is 59.7 Å². The van der Waals surface area contributed by atoms with Crippen LogP contribution in [0, 0.1) is 0 Å². The van der Waals surface area contributed by atoms with Crippen LogP contribution in [0.2, 0.25) is 0 Å². The largest absolute Gasteiger partial charge is 0.438 e. The molecule has 4 rings (SSSR count). The SMILES string of the molecule is CS(=O)(=O)c1ccc(OC2=NO[C@@H](c3cnc(-c4ccccc4)s3)C2)cn1. The summed E-state index contributed by atoms with van der Waals surface area (Å²) in [5.74, 6) is 0.809. The predicted octanol–water partition coefficient (Wildman–Crippen LogP) is 3.46. The highest BCUT2D eigenvalue weighted by atomic mass is 32.2. The number of nitrogens with zero attached hydrogens (tertiary/aromatic N) is 3. The smallest absolute Gasteiger partial charge is 0.235 e. The molecule has 0 fully saturated rings. The van der Waals surface area contributed by atoms with Crippen LogP contribution in [0.3, 0.4) is 0 Å². The van der Waals surface area contributed by atoms with E-state index in [1.807, 2.05) is 30.3 Å². The van der Waals surface area contributed by atoms with Gasteiger partial charge in [0.05, 0.1) is 17.5 Å². The molecule has 138 valence electrons. The first-order valence-electron chi connectivity index (χ1n) is 8.07. The summed E-state index contributed by atoms with van der Waals surface area (Å²) in [6, 6.07) is 12.9. The van der Waals surface area contributed by atoms with Crippen molar-refractivity contribution in [1.82, 2.24) is 9.97 Å². The molecule has 1 aromatic carbocycles. The van der Waals surface area contributed by atoms with Gasteiger partial charge in [-0.05, 0) is 12.1 Å². The molecule has 2 aromatic heterocycles. The fourth-order valence-corrected chi connectivity index (χ4v) is 4.01. The molecule has 0 unspecified atom stereocenters. The Hall–Kier alpha value is -2.78. The molecule has 1 aliphatic heterocycles. The average molecular weight is 401 g/mol. The lowest BCUT2D eigenvalue weighted by Gasteiger charge is -2.05. The maximum absolute atomic E-state index is 11.4. The summed E-state index contributed by atoms with van der Waals surface area (Å²) in [6.07, 6.45) is 4.46. The van der Waals surface area contributed by atoms with Gasteiger partial charge in [0, 0.05) is 18.0 Å². The van der Waals surface area contributed by atoms with Gasteiger partial charge in [-0.15, -0.1) is 11.3 Å². The van der Waals surface area contributed by atoms with Gasteiger partial charge in [0.25, 0.3) is 0 Å². The number of thiazole rings is 1. The van der Waals surface area contributed by atoms with Gasteiger partial charge >= 0.3 is 0 Å². The van der Waals surface area contributed by atoms with E-state index in [2.05, 4.69) is 15.1 Å². The van der Waals surface area contributed by atoms with Crippen LogP contribution in [0.4, 0.5) is 0 Å². The van der Waals surface area contributed by atoms with Crippen molar-refractivity contribution >= 4 is 27.1 Å². The fraction of sp³-hybridized carbons (Fsp3) is 0.167. The first-order chi connectivity index (χ1) is 13.0. The second kappa shape index (κ2) is 7.09. The average Bonchev–Trinajstić information content (AvgIpc) is 3.31. The monoisotopic (exact) mass is 401 g/mol. The molecule has 0 aliphatic carbocycles. The Kier molecular flexibility index (Phi) is 4.63. The normalized spacial score (nSPS) is 16.6. The van der Waals surface area contributed by atoms with E-state index in [9.17, 15) is 8.42 Å². The molecule has 1 atom stereocenters. The van der Waals surface area contributed by atoms with Crippen molar-refractivity contribution in [2.45, 2.75) is 17.6 Å². The van der Waals surface area contributed by atoms with E-state index in [0.29, 0.717) is 18.1 Å². The molecular formula is C18H15N3O4S2. The van der Waals surface area contributed by atoms with Crippen molar-refractivity contribution in [2.24, 2.45) is 5.16 Å². The zero-order valence-corrected chi connectivity index (χ0v) is 15.9. The maximum Gasteiger partial charge on any atom is 0.235 e. The predicted molar refractivity (Wildman–Crippen MR) is 101 cm³/mol. The number of ether oxygens (including phenoxy) is 1. The highest BCUT2D eigenvalue weighted by molar-refractivity contribution is 7.90. The molecule has 3 heterocycles. The molecule has 0 bridgehead atoms. The Bertz CT molecular complexity index is 1080. The van der Waals surface area contributed by atoms with Gasteiger partial charge in [0.2, 0.25) is 5.90 Å². The van der Waals surface area contributed by atoms with Crippen molar-refractivity contribution in [3.63, 3.8) is 0 Å². The molecular weight excluding hydrogens is 386 g/mol.